The highest BCUT2D eigenvalue weighted by Gasteiger charge is 2.33. The molecule has 0 spiro atoms. The van der Waals surface area contributed by atoms with E-state index < -0.39 is 22.5 Å². The van der Waals surface area contributed by atoms with Crippen LogP contribution in [0.1, 0.15) is 44.4 Å². The van der Waals surface area contributed by atoms with Crippen molar-refractivity contribution in [3.05, 3.63) is 101 Å². The molecule has 1 aliphatic rings. The van der Waals surface area contributed by atoms with Gasteiger partial charge in [-0.1, -0.05) is 42.5 Å². The molecule has 36 heavy (non-hydrogen) atoms. The second kappa shape index (κ2) is 10.7. The summed E-state index contributed by atoms with van der Waals surface area (Å²) in [5.74, 6) is 0.130. The molecule has 10 heteroatoms. The molecular formula is C26H25N3O6S. The van der Waals surface area contributed by atoms with Crippen LogP contribution < -0.4 is 19.6 Å². The van der Waals surface area contributed by atoms with Crippen LogP contribution in [0.25, 0.3) is 6.08 Å². The van der Waals surface area contributed by atoms with E-state index in [1.54, 1.807) is 44.2 Å². The monoisotopic (exact) mass is 507 g/mol. The fraction of sp³-hybridized carbons (Fsp3) is 0.269. The number of fused-ring (bicyclic) bond motifs is 1. The summed E-state index contributed by atoms with van der Waals surface area (Å²) in [5, 5.41) is 11.5. The zero-order valence-corrected chi connectivity index (χ0v) is 20.9. The number of para-hydroxylation sites is 1. The van der Waals surface area contributed by atoms with Gasteiger partial charge in [0.25, 0.3) is 11.2 Å². The van der Waals surface area contributed by atoms with E-state index in [2.05, 4.69) is 4.99 Å². The van der Waals surface area contributed by atoms with Crippen molar-refractivity contribution in [1.82, 2.24) is 4.57 Å². The Balaban J connectivity index is 1.91. The molecule has 0 saturated heterocycles. The first-order valence-electron chi connectivity index (χ1n) is 11.5. The Morgan fingerprint density at radius 3 is 2.58 bits per heavy atom. The van der Waals surface area contributed by atoms with Crippen LogP contribution in [-0.4, -0.2) is 28.7 Å². The van der Waals surface area contributed by atoms with Crippen molar-refractivity contribution in [3.63, 3.8) is 0 Å². The number of carbonyl (C=O) groups excluding carboxylic acids is 1. The first-order chi connectivity index (χ1) is 17.3. The highest BCUT2D eigenvalue weighted by Crippen LogP contribution is 2.31. The molecule has 0 amide bonds. The smallest absolute Gasteiger partial charge is 0.338 e. The summed E-state index contributed by atoms with van der Waals surface area (Å²) in [5.41, 5.74) is 1.21. The number of hydrogen-bond acceptors (Lipinski definition) is 8. The van der Waals surface area contributed by atoms with Crippen LogP contribution in [0.5, 0.6) is 5.75 Å². The van der Waals surface area contributed by atoms with Gasteiger partial charge in [0.1, 0.15) is 5.75 Å². The Morgan fingerprint density at radius 2 is 1.92 bits per heavy atom. The van der Waals surface area contributed by atoms with E-state index in [1.165, 1.54) is 16.7 Å². The van der Waals surface area contributed by atoms with Gasteiger partial charge in [-0.3, -0.25) is 19.5 Å². The third-order valence-corrected chi connectivity index (χ3v) is 6.59. The maximum absolute atomic E-state index is 13.6. The Morgan fingerprint density at radius 1 is 1.19 bits per heavy atom. The van der Waals surface area contributed by atoms with E-state index in [4.69, 9.17) is 9.47 Å². The number of benzene rings is 2. The van der Waals surface area contributed by atoms with Crippen molar-refractivity contribution in [3.8, 4) is 5.75 Å². The number of hydrogen-bond donors (Lipinski definition) is 0. The minimum Gasteiger partial charge on any atom is -0.494 e. The fourth-order valence-electron chi connectivity index (χ4n) is 3.99. The predicted molar refractivity (Wildman–Crippen MR) is 136 cm³/mol. The molecule has 2 heterocycles. The summed E-state index contributed by atoms with van der Waals surface area (Å²) in [6, 6.07) is 12.7. The van der Waals surface area contributed by atoms with E-state index in [-0.39, 0.29) is 22.4 Å². The lowest BCUT2D eigenvalue weighted by Gasteiger charge is -2.24. The zero-order valence-electron chi connectivity index (χ0n) is 20.1. The number of carbonyl (C=O) groups is 1. The minimum atomic E-state index is -0.770. The Labute approximate surface area is 210 Å². The topological polar surface area (TPSA) is 113 Å². The number of nitro benzene ring substituents is 1. The van der Waals surface area contributed by atoms with Gasteiger partial charge in [0.2, 0.25) is 0 Å². The molecule has 0 fully saturated rings. The van der Waals surface area contributed by atoms with Crippen molar-refractivity contribution in [2.24, 2.45) is 4.99 Å². The fourth-order valence-corrected chi connectivity index (χ4v) is 5.03. The molecular weight excluding hydrogens is 482 g/mol. The average Bonchev–Trinajstić information content (AvgIpc) is 3.16. The van der Waals surface area contributed by atoms with E-state index in [0.717, 1.165) is 17.8 Å². The van der Waals surface area contributed by atoms with E-state index in [0.29, 0.717) is 34.0 Å². The van der Waals surface area contributed by atoms with E-state index in [1.807, 2.05) is 19.1 Å². The van der Waals surface area contributed by atoms with Gasteiger partial charge in [-0.15, -0.1) is 0 Å². The average molecular weight is 508 g/mol. The molecule has 0 N–H and O–H groups in total. The molecule has 0 radical (unpaired) electrons. The van der Waals surface area contributed by atoms with Gasteiger partial charge < -0.3 is 9.47 Å². The number of nitrogens with zero attached hydrogens (tertiary/aromatic N) is 3. The van der Waals surface area contributed by atoms with Crippen LogP contribution in [0, 0.1) is 10.1 Å². The summed E-state index contributed by atoms with van der Waals surface area (Å²) in [4.78, 5) is 42.5. The lowest BCUT2D eigenvalue weighted by atomic mass is 9.96. The molecule has 1 aromatic heterocycles. The van der Waals surface area contributed by atoms with Gasteiger partial charge in [0.15, 0.2) is 4.80 Å². The van der Waals surface area contributed by atoms with Gasteiger partial charge in [-0.05, 0) is 50.1 Å². The molecule has 1 unspecified atom stereocenters. The molecule has 9 nitrogen and oxygen atoms in total. The first-order valence-corrected chi connectivity index (χ1v) is 12.3. The Kier molecular flexibility index (Phi) is 7.44. The molecule has 1 aliphatic heterocycles. The number of nitro groups is 1. The van der Waals surface area contributed by atoms with Gasteiger partial charge in [0.05, 0.1) is 45.5 Å². The highest BCUT2D eigenvalue weighted by atomic mass is 32.1. The van der Waals surface area contributed by atoms with Crippen LogP contribution in [0.3, 0.4) is 0 Å². The third-order valence-electron chi connectivity index (χ3n) is 5.61. The van der Waals surface area contributed by atoms with Gasteiger partial charge in [-0.25, -0.2) is 9.79 Å². The number of allylic oxidation sites excluding steroid dienone is 1. The number of aromatic nitrogens is 1. The summed E-state index contributed by atoms with van der Waals surface area (Å²) >= 11 is 1.12. The lowest BCUT2D eigenvalue weighted by Crippen LogP contribution is -2.39. The quantitative estimate of drug-likeness (QED) is 0.262. The number of thiazole rings is 1. The molecule has 1 atom stereocenters. The predicted octanol–water partition coefficient (Wildman–Crippen LogP) is 3.50. The molecule has 0 saturated carbocycles. The van der Waals surface area contributed by atoms with E-state index in [9.17, 15) is 19.7 Å². The van der Waals surface area contributed by atoms with Crippen LogP contribution in [0.15, 0.2) is 69.6 Å². The Hall–Kier alpha value is -4.05. The maximum Gasteiger partial charge on any atom is 0.338 e. The molecule has 4 rings (SSSR count). The second-order valence-corrected chi connectivity index (χ2v) is 9.04. The first kappa shape index (κ1) is 25.1. The SMILES string of the molecule is CCCOc1ccc(C2C(C(=O)OCC)=C(C)N=c3sc(=Cc4ccccc4[N+](=O)[O-])c(=O)n32)cc1. The van der Waals surface area contributed by atoms with Gasteiger partial charge in [-0.2, -0.15) is 0 Å². The van der Waals surface area contributed by atoms with Crippen molar-refractivity contribution in [1.29, 1.82) is 0 Å². The van der Waals surface area contributed by atoms with Crippen LogP contribution in [0.2, 0.25) is 0 Å². The normalized spacial score (nSPS) is 15.3. The summed E-state index contributed by atoms with van der Waals surface area (Å²) in [7, 11) is 0. The van der Waals surface area contributed by atoms with Crippen molar-refractivity contribution in [2.45, 2.75) is 33.2 Å². The van der Waals surface area contributed by atoms with Crippen molar-refractivity contribution < 1.29 is 19.2 Å². The minimum absolute atomic E-state index is 0.106. The number of ether oxygens (including phenoxy) is 2. The zero-order chi connectivity index (χ0) is 25.8. The number of rotatable bonds is 8. The van der Waals surface area contributed by atoms with Crippen molar-refractivity contribution >= 4 is 29.1 Å². The Bertz CT molecular complexity index is 1520. The summed E-state index contributed by atoms with van der Waals surface area (Å²) < 4.78 is 12.7. The van der Waals surface area contributed by atoms with Gasteiger partial charge >= 0.3 is 5.97 Å². The lowest BCUT2D eigenvalue weighted by molar-refractivity contribution is -0.385. The molecule has 0 aliphatic carbocycles. The molecule has 2 aromatic carbocycles. The standard InChI is InChI=1S/C26H25N3O6S/c1-4-14-35-19-12-10-17(11-13-19)23-22(25(31)34-5-2)16(3)27-26-28(23)24(30)21(36-26)15-18-8-6-7-9-20(18)29(32)33/h6-13,15,23H,4-5,14H2,1-3H3. The maximum atomic E-state index is 13.6. The largest absolute Gasteiger partial charge is 0.494 e. The summed E-state index contributed by atoms with van der Waals surface area (Å²) in [6.07, 6.45) is 2.36. The van der Waals surface area contributed by atoms with Crippen LogP contribution >= 0.6 is 11.3 Å². The third kappa shape index (κ3) is 4.85. The van der Waals surface area contributed by atoms with Gasteiger partial charge in [0, 0.05) is 6.07 Å². The number of esters is 1. The van der Waals surface area contributed by atoms with Crippen LogP contribution in [0.4, 0.5) is 5.69 Å². The summed E-state index contributed by atoms with van der Waals surface area (Å²) in [6.45, 7) is 6.19. The van der Waals surface area contributed by atoms with Crippen LogP contribution in [-0.2, 0) is 9.53 Å². The van der Waals surface area contributed by atoms with Crippen molar-refractivity contribution in [2.75, 3.05) is 13.2 Å². The highest BCUT2D eigenvalue weighted by molar-refractivity contribution is 7.07. The van der Waals surface area contributed by atoms with E-state index >= 15 is 0 Å². The molecule has 186 valence electrons. The second-order valence-electron chi connectivity index (χ2n) is 8.04. The molecule has 0 bridgehead atoms. The molecule has 3 aromatic rings.